The molecule has 8 heteroatoms. The second kappa shape index (κ2) is 9.70. The van der Waals surface area contributed by atoms with Crippen LogP contribution in [0.5, 0.6) is 0 Å². The number of aromatic nitrogens is 3. The first kappa shape index (κ1) is 22.9. The van der Waals surface area contributed by atoms with Crippen LogP contribution in [0.25, 0.3) is 22.8 Å². The summed E-state index contributed by atoms with van der Waals surface area (Å²) >= 11 is 0. The zero-order chi connectivity index (χ0) is 23.5. The van der Waals surface area contributed by atoms with E-state index in [0.717, 1.165) is 35.4 Å². The number of nitrogens with zero attached hydrogens (tertiary/aromatic N) is 4. The van der Waals surface area contributed by atoms with Crippen molar-refractivity contribution in [1.29, 1.82) is 0 Å². The molecule has 0 saturated carbocycles. The molecule has 0 radical (unpaired) electrons. The first-order chi connectivity index (χ1) is 15.8. The number of carbonyl (C=O) groups is 1. The molecule has 0 amide bonds. The molecule has 4 rings (SSSR count). The van der Waals surface area contributed by atoms with Crippen LogP contribution in [-0.4, -0.2) is 50.5 Å². The number of rotatable bonds is 8. The minimum atomic E-state index is -1.23. The number of aryl methyl sites for hydroxylation is 2. The number of pyridine rings is 1. The Hall–Kier alpha value is -3.26. The normalized spacial score (nSPS) is 14.5. The van der Waals surface area contributed by atoms with E-state index in [-0.39, 0.29) is 6.10 Å². The largest absolute Gasteiger partial charge is 0.506 e. The first-order valence-corrected chi connectivity index (χ1v) is 11.4. The average Bonchev–Trinajstić information content (AvgIpc) is 3.23. The highest BCUT2D eigenvalue weighted by atomic mass is 16.7. The van der Waals surface area contributed by atoms with E-state index in [4.69, 9.17) is 19.4 Å². The van der Waals surface area contributed by atoms with E-state index in [1.807, 2.05) is 25.1 Å². The van der Waals surface area contributed by atoms with Crippen LogP contribution in [0, 0.1) is 12.8 Å². The van der Waals surface area contributed by atoms with E-state index < -0.39 is 6.16 Å². The smallest absolute Gasteiger partial charge is 0.450 e. The molecular weight excluding hydrogens is 420 g/mol. The lowest BCUT2D eigenvalue weighted by Crippen LogP contribution is -2.52. The highest BCUT2D eigenvalue weighted by Crippen LogP contribution is 2.27. The molecule has 0 unspecified atom stereocenters. The second-order valence-corrected chi connectivity index (χ2v) is 9.01. The van der Waals surface area contributed by atoms with Crippen molar-refractivity contribution >= 4 is 6.16 Å². The second-order valence-electron chi connectivity index (χ2n) is 9.01. The summed E-state index contributed by atoms with van der Waals surface area (Å²) in [5, 5.41) is 12.9. The van der Waals surface area contributed by atoms with Crippen LogP contribution >= 0.6 is 0 Å². The Bertz CT molecular complexity index is 1140. The lowest BCUT2D eigenvalue weighted by molar-refractivity contribution is -0.0367. The molecule has 0 spiro atoms. The van der Waals surface area contributed by atoms with E-state index in [1.54, 1.807) is 0 Å². The molecule has 3 aromatic rings. The molecule has 1 aliphatic heterocycles. The Morgan fingerprint density at radius 3 is 2.70 bits per heavy atom. The molecule has 0 bridgehead atoms. The van der Waals surface area contributed by atoms with Crippen LogP contribution in [0.3, 0.4) is 0 Å². The SMILES string of the molecule is CCc1nc(CN2CC(OC(=O)O)C2)ccc1-c1noc(-c2ccc(CC(C)C)c(C)c2)n1. The van der Waals surface area contributed by atoms with Crippen LogP contribution in [0.4, 0.5) is 4.79 Å². The number of ether oxygens (including phenoxy) is 1. The van der Waals surface area contributed by atoms with Gasteiger partial charge in [-0.2, -0.15) is 4.98 Å². The third kappa shape index (κ3) is 5.39. The molecule has 33 heavy (non-hydrogen) atoms. The van der Waals surface area contributed by atoms with Crippen molar-refractivity contribution in [3.05, 3.63) is 52.8 Å². The first-order valence-electron chi connectivity index (χ1n) is 11.4. The Morgan fingerprint density at radius 2 is 2.03 bits per heavy atom. The summed E-state index contributed by atoms with van der Waals surface area (Å²) in [4.78, 5) is 22.2. The summed E-state index contributed by atoms with van der Waals surface area (Å²) < 4.78 is 10.4. The maximum Gasteiger partial charge on any atom is 0.506 e. The van der Waals surface area contributed by atoms with Crippen molar-refractivity contribution in [2.45, 2.75) is 53.2 Å². The summed E-state index contributed by atoms with van der Waals surface area (Å²) in [6.07, 6.45) is 0.301. The summed E-state index contributed by atoms with van der Waals surface area (Å²) in [6, 6.07) is 10.2. The summed E-state index contributed by atoms with van der Waals surface area (Å²) in [7, 11) is 0. The van der Waals surface area contributed by atoms with Gasteiger partial charge in [-0.1, -0.05) is 32.0 Å². The Kier molecular flexibility index (Phi) is 6.74. The van der Waals surface area contributed by atoms with Crippen molar-refractivity contribution in [3.8, 4) is 22.8 Å². The van der Waals surface area contributed by atoms with Crippen molar-refractivity contribution < 1.29 is 19.2 Å². The van der Waals surface area contributed by atoms with Gasteiger partial charge in [0.05, 0.1) is 11.4 Å². The molecule has 3 heterocycles. The van der Waals surface area contributed by atoms with Gasteiger partial charge in [0, 0.05) is 30.8 Å². The fourth-order valence-corrected chi connectivity index (χ4v) is 4.15. The number of hydrogen-bond acceptors (Lipinski definition) is 7. The van der Waals surface area contributed by atoms with Crippen LogP contribution in [0.15, 0.2) is 34.9 Å². The Balaban J connectivity index is 1.47. The molecule has 1 fully saturated rings. The molecule has 1 saturated heterocycles. The number of hydrogen-bond donors (Lipinski definition) is 1. The molecule has 8 nitrogen and oxygen atoms in total. The molecule has 1 aromatic carbocycles. The quantitative estimate of drug-likeness (QED) is 0.491. The van der Waals surface area contributed by atoms with E-state index in [9.17, 15) is 4.79 Å². The molecular formula is C25H30N4O4. The number of likely N-dealkylation sites (tertiary alicyclic amines) is 1. The Labute approximate surface area is 193 Å². The predicted molar refractivity (Wildman–Crippen MR) is 124 cm³/mol. The zero-order valence-electron chi connectivity index (χ0n) is 19.5. The van der Waals surface area contributed by atoms with Crippen molar-refractivity contribution in [2.24, 2.45) is 5.92 Å². The summed E-state index contributed by atoms with van der Waals surface area (Å²) in [6.45, 7) is 10.4. The standard InChI is InChI=1S/C25H30N4O4/c1-5-22-21(9-8-19(26-22)12-29-13-20(14-29)32-25(30)31)23-27-24(33-28-23)18-7-6-17(10-15(2)3)16(4)11-18/h6-9,11,15,20H,5,10,12-14H2,1-4H3,(H,30,31). The summed E-state index contributed by atoms with van der Waals surface area (Å²) in [5.74, 6) is 1.64. The van der Waals surface area contributed by atoms with Crippen LogP contribution < -0.4 is 0 Å². The van der Waals surface area contributed by atoms with Gasteiger partial charge in [0.15, 0.2) is 0 Å². The minimum Gasteiger partial charge on any atom is -0.450 e. The molecule has 1 N–H and O–H groups in total. The predicted octanol–water partition coefficient (Wildman–Crippen LogP) is 4.75. The highest BCUT2D eigenvalue weighted by Gasteiger charge is 2.30. The van der Waals surface area contributed by atoms with Gasteiger partial charge in [-0.05, 0) is 61.1 Å². The third-order valence-electron chi connectivity index (χ3n) is 5.83. The van der Waals surface area contributed by atoms with E-state index in [1.165, 1.54) is 11.1 Å². The van der Waals surface area contributed by atoms with Crippen LogP contribution in [0.1, 0.15) is 43.3 Å². The van der Waals surface area contributed by atoms with E-state index >= 15 is 0 Å². The Morgan fingerprint density at radius 1 is 1.24 bits per heavy atom. The minimum absolute atomic E-state index is 0.256. The van der Waals surface area contributed by atoms with Crippen LogP contribution in [0.2, 0.25) is 0 Å². The fraction of sp³-hybridized carbons (Fsp3) is 0.440. The number of carboxylic acid groups (broad SMARTS) is 1. The summed E-state index contributed by atoms with van der Waals surface area (Å²) in [5.41, 5.74) is 6.16. The van der Waals surface area contributed by atoms with Gasteiger partial charge in [0.2, 0.25) is 5.82 Å². The number of benzene rings is 1. The van der Waals surface area contributed by atoms with Gasteiger partial charge in [-0.3, -0.25) is 9.88 Å². The van der Waals surface area contributed by atoms with Gasteiger partial charge >= 0.3 is 6.16 Å². The van der Waals surface area contributed by atoms with Gasteiger partial charge < -0.3 is 14.4 Å². The monoisotopic (exact) mass is 450 g/mol. The van der Waals surface area contributed by atoms with Gasteiger partial charge in [-0.25, -0.2) is 4.79 Å². The van der Waals surface area contributed by atoms with Crippen molar-refractivity contribution in [2.75, 3.05) is 13.1 Å². The zero-order valence-corrected chi connectivity index (χ0v) is 19.5. The maximum absolute atomic E-state index is 10.6. The van der Waals surface area contributed by atoms with Gasteiger partial charge in [-0.15, -0.1) is 0 Å². The topological polar surface area (TPSA) is 102 Å². The van der Waals surface area contributed by atoms with Crippen LogP contribution in [-0.2, 0) is 24.1 Å². The molecule has 0 aliphatic carbocycles. The molecule has 1 aliphatic rings. The lowest BCUT2D eigenvalue weighted by Gasteiger charge is -2.37. The van der Waals surface area contributed by atoms with E-state index in [0.29, 0.717) is 37.3 Å². The van der Waals surface area contributed by atoms with E-state index in [2.05, 4.69) is 47.9 Å². The molecule has 174 valence electrons. The average molecular weight is 451 g/mol. The lowest BCUT2D eigenvalue weighted by atomic mass is 9.97. The fourth-order valence-electron chi connectivity index (χ4n) is 4.15. The van der Waals surface area contributed by atoms with Crippen molar-refractivity contribution in [3.63, 3.8) is 0 Å². The van der Waals surface area contributed by atoms with Crippen molar-refractivity contribution in [1.82, 2.24) is 20.0 Å². The molecule has 2 aromatic heterocycles. The highest BCUT2D eigenvalue weighted by molar-refractivity contribution is 5.62. The van der Waals surface area contributed by atoms with Gasteiger partial charge in [0.25, 0.3) is 5.89 Å². The molecule has 0 atom stereocenters. The maximum atomic E-state index is 10.6. The third-order valence-corrected chi connectivity index (χ3v) is 5.83. The van der Waals surface area contributed by atoms with Gasteiger partial charge in [0.1, 0.15) is 6.10 Å².